The summed E-state index contributed by atoms with van der Waals surface area (Å²) in [5.74, 6) is -1.47. The number of aromatic nitrogens is 2. The smallest absolute Gasteiger partial charge is 0.254 e. The summed E-state index contributed by atoms with van der Waals surface area (Å²) in [6.07, 6.45) is 3.58. The predicted molar refractivity (Wildman–Crippen MR) is 130 cm³/mol. The molecule has 188 valence electrons. The number of nitrogens with two attached hydrogens (primary N) is 1. The monoisotopic (exact) mass is 506 g/mol. The lowest BCUT2D eigenvalue weighted by Gasteiger charge is -2.26. The van der Waals surface area contributed by atoms with Gasteiger partial charge < -0.3 is 30.2 Å². The number of pyridine rings is 2. The number of carbonyl (C=O) groups excluding carboxylic acids is 1. The fraction of sp³-hybridized carbons (Fsp3) is 0.115. The molecule has 2 aromatic carbocycles. The number of nitrogens with one attached hydrogen (secondary N) is 1. The Morgan fingerprint density at radius 2 is 1.95 bits per heavy atom. The molecular formula is C26H20F2N4O5. The molecule has 0 fully saturated rings. The van der Waals surface area contributed by atoms with Crippen LogP contribution in [0, 0.1) is 11.6 Å². The Hall–Kier alpha value is -4.77. The van der Waals surface area contributed by atoms with Crippen LogP contribution in [0.1, 0.15) is 10.4 Å². The SMILES string of the molecule is NC(=O)c1cn(-c2ccc(Oc3ccnc4c3OC(CO)CN4)c(F)c2)cc(-c2ccc(F)cc2)c1=O. The molecule has 9 nitrogen and oxygen atoms in total. The van der Waals surface area contributed by atoms with Crippen LogP contribution in [0.4, 0.5) is 14.6 Å². The maximum absolute atomic E-state index is 15.2. The number of fused-ring (bicyclic) bond motifs is 1. The van der Waals surface area contributed by atoms with Crippen LogP contribution >= 0.6 is 0 Å². The van der Waals surface area contributed by atoms with Gasteiger partial charge in [0.05, 0.1) is 13.2 Å². The number of ether oxygens (including phenoxy) is 2. The molecule has 2 aromatic heterocycles. The number of aliphatic hydroxyl groups is 1. The fourth-order valence-electron chi connectivity index (χ4n) is 3.86. The van der Waals surface area contributed by atoms with E-state index >= 15 is 4.39 Å². The maximum Gasteiger partial charge on any atom is 0.254 e. The molecule has 1 unspecified atom stereocenters. The first kappa shape index (κ1) is 23.9. The summed E-state index contributed by atoms with van der Waals surface area (Å²) < 4.78 is 41.4. The second-order valence-electron chi connectivity index (χ2n) is 8.20. The minimum absolute atomic E-state index is 0.0866. The van der Waals surface area contributed by atoms with E-state index in [1.165, 1.54) is 65.6 Å². The summed E-state index contributed by atoms with van der Waals surface area (Å²) in [5, 5.41) is 12.4. The van der Waals surface area contributed by atoms with E-state index in [0.717, 1.165) is 6.07 Å². The van der Waals surface area contributed by atoms with Crippen molar-refractivity contribution in [3.8, 4) is 34.1 Å². The molecule has 4 aromatic rings. The molecule has 0 spiro atoms. The van der Waals surface area contributed by atoms with Crippen LogP contribution in [-0.4, -0.2) is 39.8 Å². The molecular weight excluding hydrogens is 486 g/mol. The number of hydrogen-bond donors (Lipinski definition) is 3. The summed E-state index contributed by atoms with van der Waals surface area (Å²) in [6, 6.07) is 10.7. The molecule has 0 saturated heterocycles. The first-order chi connectivity index (χ1) is 17.8. The highest BCUT2D eigenvalue weighted by Crippen LogP contribution is 2.39. The lowest BCUT2D eigenvalue weighted by atomic mass is 10.0. The predicted octanol–water partition coefficient (Wildman–Crippen LogP) is 3.23. The molecule has 11 heteroatoms. The zero-order chi connectivity index (χ0) is 26.1. The van der Waals surface area contributed by atoms with Crippen LogP contribution in [0.2, 0.25) is 0 Å². The number of carbonyl (C=O) groups is 1. The van der Waals surface area contributed by atoms with Crippen LogP contribution < -0.4 is 26.0 Å². The number of amides is 1. The van der Waals surface area contributed by atoms with E-state index in [9.17, 15) is 19.1 Å². The Kier molecular flexibility index (Phi) is 6.28. The van der Waals surface area contributed by atoms with Gasteiger partial charge in [0.25, 0.3) is 5.91 Å². The zero-order valence-electron chi connectivity index (χ0n) is 19.2. The largest absolute Gasteiger partial charge is 0.479 e. The first-order valence-electron chi connectivity index (χ1n) is 11.1. The number of halogens is 2. The standard InChI is InChI=1S/C26H20F2N4O5/c27-15-3-1-14(2-4-15)18-11-32(12-19(23(18)34)25(29)35)16-5-6-21(20(28)9-16)37-22-7-8-30-26-24(22)36-17(13-33)10-31-26/h1-9,11-12,17,33H,10,13H2,(H2,29,35)(H,30,31). The van der Waals surface area contributed by atoms with E-state index in [0.29, 0.717) is 17.9 Å². The average Bonchev–Trinajstić information content (AvgIpc) is 2.90. The molecule has 0 bridgehead atoms. The van der Waals surface area contributed by atoms with Gasteiger partial charge in [-0.1, -0.05) is 12.1 Å². The van der Waals surface area contributed by atoms with Gasteiger partial charge in [0.15, 0.2) is 23.1 Å². The highest BCUT2D eigenvalue weighted by Gasteiger charge is 2.24. The van der Waals surface area contributed by atoms with Crippen molar-refractivity contribution in [2.45, 2.75) is 6.10 Å². The van der Waals surface area contributed by atoms with Crippen molar-refractivity contribution in [1.82, 2.24) is 9.55 Å². The van der Waals surface area contributed by atoms with Gasteiger partial charge in [-0.25, -0.2) is 13.8 Å². The Morgan fingerprint density at radius 3 is 2.65 bits per heavy atom. The molecule has 1 amide bonds. The summed E-state index contributed by atoms with van der Waals surface area (Å²) in [4.78, 5) is 28.9. The van der Waals surface area contributed by atoms with Crippen LogP contribution in [0.5, 0.6) is 17.2 Å². The summed E-state index contributed by atoms with van der Waals surface area (Å²) in [6.45, 7) is 0.131. The lowest BCUT2D eigenvalue weighted by Crippen LogP contribution is -2.34. The first-order valence-corrected chi connectivity index (χ1v) is 11.1. The molecule has 37 heavy (non-hydrogen) atoms. The highest BCUT2D eigenvalue weighted by molar-refractivity contribution is 5.93. The molecule has 0 saturated carbocycles. The van der Waals surface area contributed by atoms with Crippen molar-refractivity contribution >= 4 is 11.7 Å². The molecule has 3 heterocycles. The number of hydrogen-bond acceptors (Lipinski definition) is 7. The molecule has 5 rings (SSSR count). The average molecular weight is 506 g/mol. The topological polar surface area (TPSA) is 129 Å². The molecule has 1 atom stereocenters. The normalized spacial score (nSPS) is 14.3. The lowest BCUT2D eigenvalue weighted by molar-refractivity contribution is 0.0998. The second kappa shape index (κ2) is 9.70. The number of primary amides is 1. The number of rotatable bonds is 6. The highest BCUT2D eigenvalue weighted by atomic mass is 19.1. The molecule has 1 aliphatic rings. The van der Waals surface area contributed by atoms with Crippen molar-refractivity contribution in [1.29, 1.82) is 0 Å². The van der Waals surface area contributed by atoms with Gasteiger partial charge in [-0.3, -0.25) is 9.59 Å². The Balaban J connectivity index is 1.51. The number of benzene rings is 2. The third kappa shape index (κ3) is 4.71. The van der Waals surface area contributed by atoms with E-state index in [-0.39, 0.29) is 40.7 Å². The fourth-order valence-corrected chi connectivity index (χ4v) is 3.86. The van der Waals surface area contributed by atoms with Crippen molar-refractivity contribution in [2.75, 3.05) is 18.5 Å². The van der Waals surface area contributed by atoms with Gasteiger partial charge in [0.2, 0.25) is 11.2 Å². The third-order valence-electron chi connectivity index (χ3n) is 5.73. The zero-order valence-corrected chi connectivity index (χ0v) is 19.2. The van der Waals surface area contributed by atoms with E-state index in [1.54, 1.807) is 0 Å². The summed E-state index contributed by atoms with van der Waals surface area (Å²) in [7, 11) is 0. The van der Waals surface area contributed by atoms with E-state index < -0.39 is 29.1 Å². The second-order valence-corrected chi connectivity index (χ2v) is 8.20. The van der Waals surface area contributed by atoms with Gasteiger partial charge in [0, 0.05) is 42.0 Å². The minimum Gasteiger partial charge on any atom is -0.479 e. The van der Waals surface area contributed by atoms with Gasteiger partial charge in [-0.2, -0.15) is 0 Å². The van der Waals surface area contributed by atoms with Crippen LogP contribution in [0.15, 0.2) is 71.9 Å². The van der Waals surface area contributed by atoms with Crippen molar-refractivity contribution in [2.24, 2.45) is 5.73 Å². The van der Waals surface area contributed by atoms with Crippen LogP contribution in [0.3, 0.4) is 0 Å². The number of anilines is 1. The molecule has 0 radical (unpaired) electrons. The van der Waals surface area contributed by atoms with Crippen molar-refractivity contribution in [3.63, 3.8) is 0 Å². The summed E-state index contributed by atoms with van der Waals surface area (Å²) >= 11 is 0. The van der Waals surface area contributed by atoms with E-state index in [2.05, 4.69) is 10.3 Å². The van der Waals surface area contributed by atoms with Crippen molar-refractivity contribution in [3.05, 3.63) is 94.5 Å². The van der Waals surface area contributed by atoms with Crippen molar-refractivity contribution < 1.29 is 28.2 Å². The Bertz CT molecular complexity index is 1560. The Labute approximate surface area is 208 Å². The molecule has 1 aliphatic heterocycles. The minimum atomic E-state index is -0.958. The maximum atomic E-state index is 15.2. The summed E-state index contributed by atoms with van der Waals surface area (Å²) in [5.41, 5.74) is 5.18. The third-order valence-corrected chi connectivity index (χ3v) is 5.73. The van der Waals surface area contributed by atoms with Crippen LogP contribution in [-0.2, 0) is 0 Å². The molecule has 4 N–H and O–H groups in total. The van der Waals surface area contributed by atoms with Gasteiger partial charge in [-0.15, -0.1) is 0 Å². The van der Waals surface area contributed by atoms with Crippen LogP contribution in [0.25, 0.3) is 16.8 Å². The molecule has 0 aliphatic carbocycles. The van der Waals surface area contributed by atoms with Gasteiger partial charge in [-0.05, 0) is 29.8 Å². The number of aliphatic hydroxyl groups excluding tert-OH is 1. The Morgan fingerprint density at radius 1 is 1.16 bits per heavy atom. The van der Waals surface area contributed by atoms with Gasteiger partial charge >= 0.3 is 0 Å². The van der Waals surface area contributed by atoms with Gasteiger partial charge in [0.1, 0.15) is 17.5 Å². The van der Waals surface area contributed by atoms with E-state index in [1.807, 2.05) is 0 Å². The van der Waals surface area contributed by atoms with E-state index in [4.69, 9.17) is 15.2 Å². The number of nitrogens with zero attached hydrogens (tertiary/aromatic N) is 2. The quantitative estimate of drug-likeness (QED) is 0.366.